The Morgan fingerprint density at radius 3 is 2.41 bits per heavy atom. The molecule has 1 N–H and O–H groups in total. The van der Waals surface area contributed by atoms with Crippen LogP contribution in [0.25, 0.3) is 0 Å². The van der Waals surface area contributed by atoms with Gasteiger partial charge in [0.2, 0.25) is 10.0 Å². The molecule has 3 rings (SSSR count). The van der Waals surface area contributed by atoms with E-state index in [-0.39, 0.29) is 17.3 Å². The molecule has 6 nitrogen and oxygen atoms in total. The average molecular weight is 388 g/mol. The van der Waals surface area contributed by atoms with Crippen LogP contribution in [0.5, 0.6) is 5.75 Å². The van der Waals surface area contributed by atoms with Crippen molar-refractivity contribution in [3.05, 3.63) is 59.2 Å². The number of hydrogen-bond acceptors (Lipinski definition) is 4. The Morgan fingerprint density at radius 1 is 1.11 bits per heavy atom. The topological polar surface area (TPSA) is 75.7 Å². The number of methoxy groups -OCH3 is 1. The van der Waals surface area contributed by atoms with E-state index in [2.05, 4.69) is 4.72 Å². The molecule has 0 spiro atoms. The molecule has 1 aliphatic heterocycles. The molecule has 0 radical (unpaired) electrons. The fraction of sp³-hybridized carbons (Fsp3) is 0.350. The quantitative estimate of drug-likeness (QED) is 0.826. The van der Waals surface area contributed by atoms with Crippen molar-refractivity contribution in [1.82, 2.24) is 9.62 Å². The number of nitrogens with one attached hydrogen (secondary N) is 1. The molecular weight excluding hydrogens is 364 g/mol. The van der Waals surface area contributed by atoms with Gasteiger partial charge in [0.1, 0.15) is 5.75 Å². The van der Waals surface area contributed by atoms with Crippen molar-refractivity contribution in [1.29, 1.82) is 0 Å². The highest BCUT2D eigenvalue weighted by atomic mass is 32.2. The van der Waals surface area contributed by atoms with Crippen LogP contribution in [0.1, 0.15) is 34.3 Å². The van der Waals surface area contributed by atoms with Gasteiger partial charge in [-0.3, -0.25) is 4.79 Å². The predicted molar refractivity (Wildman–Crippen MR) is 103 cm³/mol. The van der Waals surface area contributed by atoms with E-state index in [9.17, 15) is 13.2 Å². The summed E-state index contributed by atoms with van der Waals surface area (Å²) in [5, 5.41) is 0. The highest BCUT2D eigenvalue weighted by Crippen LogP contribution is 2.20. The number of nitrogens with zero attached hydrogens (tertiary/aromatic N) is 1. The minimum atomic E-state index is -3.72. The van der Waals surface area contributed by atoms with Gasteiger partial charge in [-0.1, -0.05) is 18.2 Å². The fourth-order valence-electron chi connectivity index (χ4n) is 3.09. The second-order valence-corrected chi connectivity index (χ2v) is 8.42. The smallest absolute Gasteiger partial charge is 0.254 e. The second-order valence-electron chi connectivity index (χ2n) is 6.65. The van der Waals surface area contributed by atoms with Crippen molar-refractivity contribution in [3.63, 3.8) is 0 Å². The molecule has 27 heavy (non-hydrogen) atoms. The van der Waals surface area contributed by atoms with E-state index >= 15 is 0 Å². The Balaban J connectivity index is 1.77. The first-order chi connectivity index (χ1) is 12.9. The van der Waals surface area contributed by atoms with E-state index in [1.54, 1.807) is 42.3 Å². The molecule has 2 aromatic carbocycles. The summed E-state index contributed by atoms with van der Waals surface area (Å²) in [6, 6.07) is 11.9. The standard InChI is InChI=1S/C20H24N2O4S/c1-15-5-10-18(13-19(15)20(23)22-11-3-4-12-22)27(24,25)21-14-16-6-8-17(26-2)9-7-16/h5-10,13,21H,3-4,11-12,14H2,1-2H3. The molecule has 0 aromatic heterocycles. The van der Waals surface area contributed by atoms with Crippen molar-refractivity contribution in [2.24, 2.45) is 0 Å². The molecule has 144 valence electrons. The van der Waals surface area contributed by atoms with Gasteiger partial charge >= 0.3 is 0 Å². The summed E-state index contributed by atoms with van der Waals surface area (Å²) in [5.74, 6) is 0.613. The first kappa shape index (κ1) is 19.4. The molecule has 0 atom stereocenters. The molecule has 0 saturated carbocycles. The lowest BCUT2D eigenvalue weighted by Crippen LogP contribution is -2.29. The molecule has 1 amide bonds. The number of carbonyl (C=O) groups is 1. The van der Waals surface area contributed by atoms with Crippen LogP contribution in [-0.4, -0.2) is 39.4 Å². The van der Waals surface area contributed by atoms with Gasteiger partial charge in [-0.15, -0.1) is 0 Å². The second kappa shape index (κ2) is 8.10. The Bertz CT molecular complexity index is 917. The highest BCUT2D eigenvalue weighted by molar-refractivity contribution is 7.89. The van der Waals surface area contributed by atoms with Gasteiger partial charge in [-0.25, -0.2) is 13.1 Å². The molecule has 0 unspecified atom stereocenters. The molecule has 1 saturated heterocycles. The fourth-order valence-corrected chi connectivity index (χ4v) is 4.14. The van der Waals surface area contributed by atoms with Crippen LogP contribution in [0.2, 0.25) is 0 Å². The summed E-state index contributed by atoms with van der Waals surface area (Å²) in [6.07, 6.45) is 1.98. The highest BCUT2D eigenvalue weighted by Gasteiger charge is 2.23. The lowest BCUT2D eigenvalue weighted by Gasteiger charge is -2.17. The third-order valence-corrected chi connectivity index (χ3v) is 6.17. The first-order valence-electron chi connectivity index (χ1n) is 8.93. The van der Waals surface area contributed by atoms with E-state index in [1.807, 2.05) is 6.92 Å². The summed E-state index contributed by atoms with van der Waals surface area (Å²) < 4.78 is 33.0. The molecule has 1 aliphatic rings. The maximum absolute atomic E-state index is 12.7. The Hall–Kier alpha value is -2.38. The largest absolute Gasteiger partial charge is 0.497 e. The van der Waals surface area contributed by atoms with Crippen LogP contribution in [0.3, 0.4) is 0 Å². The Labute approximate surface area is 160 Å². The van der Waals surface area contributed by atoms with Crippen LogP contribution in [0.15, 0.2) is 47.4 Å². The van der Waals surface area contributed by atoms with Gasteiger partial charge < -0.3 is 9.64 Å². The summed E-state index contributed by atoms with van der Waals surface area (Å²) >= 11 is 0. The maximum Gasteiger partial charge on any atom is 0.254 e. The summed E-state index contributed by atoms with van der Waals surface area (Å²) in [5.41, 5.74) is 2.05. The van der Waals surface area contributed by atoms with Gasteiger partial charge in [-0.2, -0.15) is 0 Å². The van der Waals surface area contributed by atoms with Gasteiger partial charge in [0, 0.05) is 25.2 Å². The minimum Gasteiger partial charge on any atom is -0.497 e. The van der Waals surface area contributed by atoms with Gasteiger partial charge in [0.15, 0.2) is 0 Å². The lowest BCUT2D eigenvalue weighted by molar-refractivity contribution is 0.0792. The van der Waals surface area contributed by atoms with Crippen molar-refractivity contribution in [3.8, 4) is 5.75 Å². The van der Waals surface area contributed by atoms with E-state index in [0.29, 0.717) is 11.3 Å². The zero-order valence-corrected chi connectivity index (χ0v) is 16.4. The number of hydrogen-bond donors (Lipinski definition) is 1. The number of aryl methyl sites for hydroxylation is 1. The van der Waals surface area contributed by atoms with Crippen molar-refractivity contribution < 1.29 is 17.9 Å². The zero-order valence-electron chi connectivity index (χ0n) is 15.6. The van der Waals surface area contributed by atoms with Crippen LogP contribution >= 0.6 is 0 Å². The van der Waals surface area contributed by atoms with Crippen LogP contribution in [0, 0.1) is 6.92 Å². The number of amides is 1. The van der Waals surface area contributed by atoms with Gasteiger partial charge in [0.05, 0.1) is 12.0 Å². The average Bonchev–Trinajstić information content (AvgIpc) is 3.21. The SMILES string of the molecule is COc1ccc(CNS(=O)(=O)c2ccc(C)c(C(=O)N3CCCC3)c2)cc1. The third kappa shape index (κ3) is 4.48. The summed E-state index contributed by atoms with van der Waals surface area (Å²) in [7, 11) is -2.14. The molecule has 7 heteroatoms. The van der Waals surface area contributed by atoms with Crippen LogP contribution in [-0.2, 0) is 16.6 Å². The monoisotopic (exact) mass is 388 g/mol. The van der Waals surface area contributed by atoms with Crippen molar-refractivity contribution in [2.75, 3.05) is 20.2 Å². The van der Waals surface area contributed by atoms with E-state index in [4.69, 9.17) is 4.74 Å². The predicted octanol–water partition coefficient (Wildman–Crippen LogP) is 2.72. The Morgan fingerprint density at radius 2 is 1.78 bits per heavy atom. The molecule has 1 fully saturated rings. The molecule has 0 aliphatic carbocycles. The number of ether oxygens (including phenoxy) is 1. The lowest BCUT2D eigenvalue weighted by atomic mass is 10.1. The number of sulfonamides is 1. The van der Waals surface area contributed by atoms with Crippen LogP contribution < -0.4 is 9.46 Å². The normalized spacial score (nSPS) is 14.4. The Kier molecular flexibility index (Phi) is 5.82. The van der Waals surface area contributed by atoms with Gasteiger partial charge in [-0.05, 0) is 55.2 Å². The number of carbonyl (C=O) groups excluding carboxylic acids is 1. The van der Waals surface area contributed by atoms with E-state index in [1.165, 1.54) is 12.1 Å². The van der Waals surface area contributed by atoms with Crippen LogP contribution in [0.4, 0.5) is 0 Å². The van der Waals surface area contributed by atoms with E-state index in [0.717, 1.165) is 37.1 Å². The van der Waals surface area contributed by atoms with Crippen molar-refractivity contribution >= 4 is 15.9 Å². The van der Waals surface area contributed by atoms with Gasteiger partial charge in [0.25, 0.3) is 5.91 Å². The molecule has 0 bridgehead atoms. The minimum absolute atomic E-state index is 0.0998. The van der Waals surface area contributed by atoms with E-state index < -0.39 is 10.0 Å². The summed E-state index contributed by atoms with van der Waals surface area (Å²) in [6.45, 7) is 3.44. The first-order valence-corrected chi connectivity index (χ1v) is 10.4. The zero-order chi connectivity index (χ0) is 19.4. The molecule has 1 heterocycles. The molecular formula is C20H24N2O4S. The summed E-state index contributed by atoms with van der Waals surface area (Å²) in [4.78, 5) is 14.6. The number of rotatable bonds is 6. The molecule has 2 aromatic rings. The van der Waals surface area contributed by atoms with Crippen molar-refractivity contribution in [2.45, 2.75) is 31.2 Å². The number of likely N-dealkylation sites (tertiary alicyclic amines) is 1. The third-order valence-electron chi connectivity index (χ3n) is 4.77. The number of benzene rings is 2. The maximum atomic E-state index is 12.7.